The van der Waals surface area contributed by atoms with Gasteiger partial charge in [0.25, 0.3) is 0 Å². The van der Waals surface area contributed by atoms with Crippen LogP contribution in [0, 0.1) is 38.5 Å². The lowest BCUT2D eigenvalue weighted by Crippen LogP contribution is -2.27. The molecule has 7 aromatic rings. The maximum Gasteiger partial charge on any atom is 0.147 e. The minimum absolute atomic E-state index is 0.0406. The molecule has 0 radical (unpaired) electrons. The van der Waals surface area contributed by atoms with E-state index in [2.05, 4.69) is 232 Å². The van der Waals surface area contributed by atoms with Gasteiger partial charge in [0.2, 0.25) is 0 Å². The summed E-state index contributed by atoms with van der Waals surface area (Å²) in [6.07, 6.45) is 12.4. The van der Waals surface area contributed by atoms with Crippen molar-refractivity contribution in [3.05, 3.63) is 153 Å². The van der Waals surface area contributed by atoms with Crippen LogP contribution in [0.15, 0.2) is 91.0 Å². The summed E-state index contributed by atoms with van der Waals surface area (Å²) in [5, 5.41) is 26.2. The van der Waals surface area contributed by atoms with Gasteiger partial charge in [-0.25, -0.2) is 0 Å². The van der Waals surface area contributed by atoms with E-state index < -0.39 is 0 Å². The highest BCUT2D eigenvalue weighted by atomic mass is 16.5. The maximum atomic E-state index is 13.1. The number of phenols is 2. The van der Waals surface area contributed by atoms with Gasteiger partial charge in [-0.3, -0.25) is 0 Å². The van der Waals surface area contributed by atoms with E-state index in [0.29, 0.717) is 6.42 Å². The molecule has 2 aliphatic carbocycles. The van der Waals surface area contributed by atoms with Crippen molar-refractivity contribution in [3.63, 3.8) is 0 Å². The van der Waals surface area contributed by atoms with Gasteiger partial charge in [-0.1, -0.05) is 157 Å². The summed E-state index contributed by atoms with van der Waals surface area (Å²) in [6.45, 7) is 43.6. The molecular weight excluding hydrogens is 1020 g/mol. The predicted molar refractivity (Wildman–Crippen MR) is 350 cm³/mol. The van der Waals surface area contributed by atoms with Crippen molar-refractivity contribution >= 4 is 0 Å². The first-order valence-corrected chi connectivity index (χ1v) is 31.7. The molecule has 2 N–H and O–H groups in total. The first kappa shape index (κ1) is 61.4. The van der Waals surface area contributed by atoms with Crippen LogP contribution in [0.5, 0.6) is 23.0 Å². The first-order chi connectivity index (χ1) is 38.9. The molecule has 0 bridgehead atoms. The van der Waals surface area contributed by atoms with Crippen molar-refractivity contribution in [2.24, 2.45) is 10.8 Å². The molecule has 83 heavy (non-hydrogen) atoms. The van der Waals surface area contributed by atoms with Gasteiger partial charge in [0.1, 0.15) is 35.2 Å². The first-order valence-electron chi connectivity index (χ1n) is 31.7. The van der Waals surface area contributed by atoms with Crippen molar-refractivity contribution in [2.75, 3.05) is 0 Å². The zero-order chi connectivity index (χ0) is 60.3. The number of aromatic hydroxyl groups is 2. The van der Waals surface area contributed by atoms with E-state index in [1.165, 1.54) is 68.1 Å². The Morgan fingerprint density at radius 3 is 1.34 bits per heavy atom. The summed E-state index contributed by atoms with van der Waals surface area (Å²) >= 11 is 0. The van der Waals surface area contributed by atoms with Crippen LogP contribution in [-0.4, -0.2) is 31.6 Å². The molecule has 9 rings (SSSR count). The largest absolute Gasteiger partial charge is 0.505 e. The normalized spacial score (nSPS) is 15.0. The molecule has 2 atom stereocenters. The molecule has 0 amide bonds. The van der Waals surface area contributed by atoms with Crippen LogP contribution in [-0.2, 0) is 41.9 Å². The van der Waals surface area contributed by atoms with E-state index in [1.54, 1.807) is 0 Å². The average Bonchev–Trinajstić information content (AvgIpc) is 2.39. The summed E-state index contributed by atoms with van der Waals surface area (Å²) < 4.78 is 19.4. The van der Waals surface area contributed by atoms with Crippen LogP contribution >= 0.6 is 0 Å². The molecule has 6 nitrogen and oxygen atoms in total. The van der Waals surface area contributed by atoms with E-state index in [4.69, 9.17) is 9.47 Å². The van der Waals surface area contributed by atoms with Crippen LogP contribution in [0.4, 0.5) is 0 Å². The molecule has 5 aromatic carbocycles. The van der Waals surface area contributed by atoms with Crippen LogP contribution in [0.1, 0.15) is 223 Å². The fourth-order valence-corrected chi connectivity index (χ4v) is 15.3. The van der Waals surface area contributed by atoms with Crippen molar-refractivity contribution in [1.82, 2.24) is 9.13 Å². The van der Waals surface area contributed by atoms with Gasteiger partial charge in [0.15, 0.2) is 0 Å². The molecule has 444 valence electrons. The van der Waals surface area contributed by atoms with Gasteiger partial charge in [0.05, 0.1) is 11.4 Å². The van der Waals surface area contributed by atoms with Gasteiger partial charge in [-0.15, -0.1) is 0 Å². The van der Waals surface area contributed by atoms with Crippen LogP contribution < -0.4 is 9.47 Å². The zero-order valence-electron chi connectivity index (χ0n) is 54.6. The number of hydrogen-bond donors (Lipinski definition) is 2. The Hall–Kier alpha value is -6.14. The Morgan fingerprint density at radius 1 is 0.482 bits per heavy atom. The number of ether oxygens (including phenoxy) is 2. The molecule has 0 saturated carbocycles. The lowest BCUT2D eigenvalue weighted by molar-refractivity contribution is 0.106. The number of benzene rings is 5. The van der Waals surface area contributed by atoms with Gasteiger partial charge in [-0.2, -0.15) is 0 Å². The number of hydrogen-bond acceptors (Lipinski definition) is 4. The molecule has 2 heterocycles. The molecular formula is C77H102N2O4. The summed E-state index contributed by atoms with van der Waals surface area (Å²) in [5.74, 6) is 2.07. The number of nitrogens with zero attached hydrogens (tertiary/aromatic N) is 2. The molecule has 6 heteroatoms. The highest BCUT2D eigenvalue weighted by Gasteiger charge is 2.36. The average molecular weight is 1120 g/mol. The summed E-state index contributed by atoms with van der Waals surface area (Å²) in [5.41, 5.74) is 21.3. The third kappa shape index (κ3) is 12.8. The van der Waals surface area contributed by atoms with Gasteiger partial charge >= 0.3 is 0 Å². The third-order valence-electron chi connectivity index (χ3n) is 18.3. The third-order valence-corrected chi connectivity index (χ3v) is 18.3. The Bertz CT molecular complexity index is 3490. The van der Waals surface area contributed by atoms with Crippen LogP contribution in [0.25, 0.3) is 44.8 Å². The molecule has 0 aliphatic heterocycles. The van der Waals surface area contributed by atoms with Crippen molar-refractivity contribution in [1.29, 1.82) is 0 Å². The van der Waals surface area contributed by atoms with Crippen LogP contribution in [0.3, 0.4) is 0 Å². The minimum Gasteiger partial charge on any atom is -0.505 e. The molecule has 0 saturated heterocycles. The van der Waals surface area contributed by atoms with Crippen LogP contribution in [0.2, 0.25) is 0 Å². The quantitative estimate of drug-likeness (QED) is 0.0953. The smallest absolute Gasteiger partial charge is 0.147 e. The SMILES string of the molecule is CC[C@H](C[C@H](CC)Oc1ccc(C)cc1-c1cc(C(C)(C)CC(C)(C)C)cc(-n2c(C)c(C(C)(C)C)c3c2CCCC3)c1O)Oc1ccc(C)cc1-c1cc(C(C)(C)CC(C)(C)C)cc(-n2c(C)c(-c3ccccc3)c3c2CCCC3)c1O. The van der Waals surface area contributed by atoms with E-state index >= 15 is 0 Å². The molecule has 0 unspecified atom stereocenters. The lowest BCUT2D eigenvalue weighted by Gasteiger charge is -2.34. The summed E-state index contributed by atoms with van der Waals surface area (Å²) in [6, 6.07) is 32.8. The maximum absolute atomic E-state index is 13.1. The number of aryl methyl sites for hydroxylation is 2. The number of phenolic OH excluding ortho intramolecular Hbond substituents is 2. The second kappa shape index (κ2) is 23.4. The summed E-state index contributed by atoms with van der Waals surface area (Å²) in [4.78, 5) is 0. The minimum atomic E-state index is -0.213. The van der Waals surface area contributed by atoms with Crippen molar-refractivity contribution < 1.29 is 19.7 Å². The fourth-order valence-electron chi connectivity index (χ4n) is 15.3. The standard InChI is InChI=1S/C77H102N2O4/c1-20-55(82-67-37-35-48(3)39-59(67)61-41-53(76(16,17)46-73(7,8)9)43-65(71(61)80)78-50(5)69(52-29-23-22-24-30-52)57-31-25-27-33-63(57)78)45-56(21-2)83-68-38-36-49(4)40-60(68)62-42-54(77(18,19)47-74(10,11)12)44-66(72(62)81)79-51(6)70(75(13,14)15)58-32-26-28-34-64(58)79/h22-24,29-30,35-44,55-56,80-81H,20-21,25-28,31-34,45-47H2,1-19H3/t55-,56+/m1/s1. The van der Waals surface area contributed by atoms with E-state index in [1.807, 2.05) is 0 Å². The second-order valence-electron chi connectivity index (χ2n) is 30.0. The van der Waals surface area contributed by atoms with Crippen molar-refractivity contribution in [2.45, 2.75) is 243 Å². The van der Waals surface area contributed by atoms with E-state index in [-0.39, 0.29) is 50.8 Å². The number of rotatable bonds is 17. The Morgan fingerprint density at radius 2 is 0.904 bits per heavy atom. The highest BCUT2D eigenvalue weighted by Crippen LogP contribution is 2.51. The Balaban J connectivity index is 1.12. The van der Waals surface area contributed by atoms with Gasteiger partial charge in [0, 0.05) is 57.0 Å². The summed E-state index contributed by atoms with van der Waals surface area (Å²) in [7, 11) is 0. The second-order valence-corrected chi connectivity index (χ2v) is 30.0. The van der Waals surface area contributed by atoms with Crippen molar-refractivity contribution in [3.8, 4) is 67.8 Å². The molecule has 0 spiro atoms. The Labute approximate surface area is 501 Å². The number of fused-ring (bicyclic) bond motifs is 2. The van der Waals surface area contributed by atoms with Gasteiger partial charge in [-0.05, 0) is 214 Å². The highest BCUT2D eigenvalue weighted by molar-refractivity contribution is 5.83. The Kier molecular flexibility index (Phi) is 17.3. The molecule has 2 aliphatic rings. The number of aromatic nitrogens is 2. The van der Waals surface area contributed by atoms with Gasteiger partial charge < -0.3 is 28.8 Å². The van der Waals surface area contributed by atoms with E-state index in [0.717, 1.165) is 127 Å². The lowest BCUT2D eigenvalue weighted by atomic mass is 9.71. The topological polar surface area (TPSA) is 68.8 Å². The zero-order valence-corrected chi connectivity index (χ0v) is 54.6. The van der Waals surface area contributed by atoms with E-state index in [9.17, 15) is 10.2 Å². The molecule has 2 aromatic heterocycles. The fraction of sp³-hybridized carbons (Fsp3) is 0.506. The predicted octanol–water partition coefficient (Wildman–Crippen LogP) is 20.8. The monoisotopic (exact) mass is 1120 g/mol. The molecule has 0 fully saturated rings.